The van der Waals surface area contributed by atoms with Gasteiger partial charge in [-0.25, -0.2) is 9.97 Å². The summed E-state index contributed by atoms with van der Waals surface area (Å²) in [7, 11) is 2.03. The number of aryl methyl sites for hydroxylation is 2. The molecule has 2 aromatic carbocycles. The van der Waals surface area contributed by atoms with Crippen LogP contribution in [0.4, 0.5) is 10.8 Å². The lowest BCUT2D eigenvalue weighted by Crippen LogP contribution is -1.93. The van der Waals surface area contributed by atoms with E-state index in [1.165, 1.54) is 0 Å². The number of fused-ring (bicyclic) bond motifs is 2. The maximum atomic E-state index is 5.42. The number of nitrogens with zero attached hydrogens (tertiary/aromatic N) is 3. The molecule has 1 aliphatic rings. The largest absolute Gasteiger partial charge is 0.454 e. The van der Waals surface area contributed by atoms with Crippen LogP contribution < -0.4 is 14.8 Å². The highest BCUT2D eigenvalue weighted by Gasteiger charge is 2.14. The fourth-order valence-electron chi connectivity index (χ4n) is 3.04. The van der Waals surface area contributed by atoms with Crippen LogP contribution in [0.1, 0.15) is 5.82 Å². The number of aromatic nitrogens is 3. The van der Waals surface area contributed by atoms with Crippen molar-refractivity contribution >= 4 is 33.2 Å². The van der Waals surface area contributed by atoms with Gasteiger partial charge in [-0.3, -0.25) is 0 Å². The molecule has 4 aromatic rings. The summed E-state index contributed by atoms with van der Waals surface area (Å²) in [4.78, 5) is 9.31. The van der Waals surface area contributed by atoms with Crippen LogP contribution >= 0.6 is 11.3 Å². The van der Waals surface area contributed by atoms with Crippen LogP contribution in [-0.2, 0) is 7.05 Å². The SMILES string of the molecule is Cc1nc2cc(-c3csc(Nc4ccc5c(c4)OCO5)n3)ccc2n1C. The number of hydrogen-bond acceptors (Lipinski definition) is 6. The molecule has 3 heterocycles. The summed E-state index contributed by atoms with van der Waals surface area (Å²) in [5, 5.41) is 6.20. The van der Waals surface area contributed by atoms with Gasteiger partial charge in [-0.05, 0) is 31.2 Å². The lowest BCUT2D eigenvalue weighted by Gasteiger charge is -2.03. The summed E-state index contributed by atoms with van der Waals surface area (Å²) < 4.78 is 12.8. The van der Waals surface area contributed by atoms with E-state index in [1.54, 1.807) is 11.3 Å². The van der Waals surface area contributed by atoms with Crippen LogP contribution in [0.15, 0.2) is 41.8 Å². The third-order valence-electron chi connectivity index (χ3n) is 4.53. The molecule has 26 heavy (non-hydrogen) atoms. The molecule has 2 aromatic heterocycles. The molecule has 0 spiro atoms. The van der Waals surface area contributed by atoms with Gasteiger partial charge in [-0.2, -0.15) is 0 Å². The van der Waals surface area contributed by atoms with Gasteiger partial charge in [0.25, 0.3) is 0 Å². The summed E-state index contributed by atoms with van der Waals surface area (Å²) in [5.41, 5.74) is 5.03. The molecule has 1 N–H and O–H groups in total. The van der Waals surface area contributed by atoms with E-state index in [0.717, 1.165) is 50.4 Å². The lowest BCUT2D eigenvalue weighted by atomic mass is 10.1. The second kappa shape index (κ2) is 5.74. The molecule has 0 atom stereocenters. The zero-order valence-electron chi connectivity index (χ0n) is 14.3. The highest BCUT2D eigenvalue weighted by molar-refractivity contribution is 7.14. The van der Waals surface area contributed by atoms with Crippen LogP contribution in [0, 0.1) is 6.92 Å². The maximum absolute atomic E-state index is 5.42. The molecule has 7 heteroatoms. The minimum Gasteiger partial charge on any atom is -0.454 e. The first kappa shape index (κ1) is 15.2. The third kappa shape index (κ3) is 2.48. The van der Waals surface area contributed by atoms with Crippen molar-refractivity contribution in [3.05, 3.63) is 47.6 Å². The standard InChI is InChI=1S/C19H16N4O2S/c1-11-20-14-7-12(3-5-16(14)23(11)2)15-9-26-19(22-15)21-13-4-6-17-18(8-13)25-10-24-17/h3-9H,10H2,1-2H3,(H,21,22). The van der Waals surface area contributed by atoms with Crippen LogP contribution in [0.3, 0.4) is 0 Å². The Kier molecular flexibility index (Phi) is 3.36. The molecule has 130 valence electrons. The molecule has 0 saturated carbocycles. The average molecular weight is 364 g/mol. The smallest absolute Gasteiger partial charge is 0.231 e. The van der Waals surface area contributed by atoms with Gasteiger partial charge in [0.05, 0.1) is 16.7 Å². The van der Waals surface area contributed by atoms with Crippen molar-refractivity contribution in [3.63, 3.8) is 0 Å². The first-order valence-electron chi connectivity index (χ1n) is 8.23. The summed E-state index contributed by atoms with van der Waals surface area (Å²) >= 11 is 1.57. The van der Waals surface area contributed by atoms with Crippen LogP contribution in [-0.4, -0.2) is 21.3 Å². The quantitative estimate of drug-likeness (QED) is 0.581. The predicted molar refractivity (Wildman–Crippen MR) is 102 cm³/mol. The molecule has 0 saturated heterocycles. The Bertz CT molecular complexity index is 1130. The summed E-state index contributed by atoms with van der Waals surface area (Å²) in [6, 6.07) is 12.0. The second-order valence-electron chi connectivity index (χ2n) is 6.15. The van der Waals surface area contributed by atoms with Crippen molar-refractivity contribution in [2.24, 2.45) is 7.05 Å². The molecule has 6 nitrogen and oxygen atoms in total. The van der Waals surface area contributed by atoms with E-state index in [0.29, 0.717) is 0 Å². The Morgan fingerprint density at radius 2 is 1.96 bits per heavy atom. The molecular formula is C19H16N4O2S. The molecule has 0 fully saturated rings. The van der Waals surface area contributed by atoms with Crippen LogP contribution in [0.2, 0.25) is 0 Å². The number of rotatable bonds is 3. The monoisotopic (exact) mass is 364 g/mol. The number of benzene rings is 2. The molecule has 0 aliphatic carbocycles. The van der Waals surface area contributed by atoms with Gasteiger partial charge in [0.2, 0.25) is 6.79 Å². The van der Waals surface area contributed by atoms with E-state index >= 15 is 0 Å². The maximum Gasteiger partial charge on any atom is 0.231 e. The lowest BCUT2D eigenvalue weighted by molar-refractivity contribution is 0.174. The normalized spacial score (nSPS) is 12.7. The van der Waals surface area contributed by atoms with Gasteiger partial charge in [0.15, 0.2) is 16.6 Å². The van der Waals surface area contributed by atoms with Gasteiger partial charge < -0.3 is 19.4 Å². The number of ether oxygens (including phenoxy) is 2. The Labute approximate surface area is 154 Å². The minimum absolute atomic E-state index is 0.273. The van der Waals surface area contributed by atoms with Gasteiger partial charge in [0, 0.05) is 29.7 Å². The van der Waals surface area contributed by atoms with Crippen molar-refractivity contribution in [3.8, 4) is 22.8 Å². The van der Waals surface area contributed by atoms with E-state index in [9.17, 15) is 0 Å². The summed E-state index contributed by atoms with van der Waals surface area (Å²) in [5.74, 6) is 2.53. The molecule has 0 amide bonds. The predicted octanol–water partition coefficient (Wildman–Crippen LogP) is 4.48. The van der Waals surface area contributed by atoms with E-state index in [2.05, 4.69) is 33.1 Å². The zero-order valence-corrected chi connectivity index (χ0v) is 15.1. The van der Waals surface area contributed by atoms with Crippen molar-refractivity contribution in [1.82, 2.24) is 14.5 Å². The molecule has 5 rings (SSSR count). The first-order chi connectivity index (χ1) is 12.7. The van der Waals surface area contributed by atoms with Crippen LogP contribution in [0.5, 0.6) is 11.5 Å². The minimum atomic E-state index is 0.273. The number of thiazole rings is 1. The highest BCUT2D eigenvalue weighted by atomic mass is 32.1. The Balaban J connectivity index is 1.43. The second-order valence-corrected chi connectivity index (χ2v) is 7.01. The molecule has 0 radical (unpaired) electrons. The van der Waals surface area contributed by atoms with E-state index in [4.69, 9.17) is 14.5 Å². The molecular weight excluding hydrogens is 348 g/mol. The molecule has 0 unspecified atom stereocenters. The Hall–Kier alpha value is -3.06. The highest BCUT2D eigenvalue weighted by Crippen LogP contribution is 2.36. The van der Waals surface area contributed by atoms with Crippen molar-refractivity contribution in [1.29, 1.82) is 0 Å². The van der Waals surface area contributed by atoms with Crippen LogP contribution in [0.25, 0.3) is 22.3 Å². The fourth-order valence-corrected chi connectivity index (χ4v) is 3.78. The van der Waals surface area contributed by atoms with Crippen molar-refractivity contribution in [2.45, 2.75) is 6.92 Å². The fraction of sp³-hybridized carbons (Fsp3) is 0.158. The third-order valence-corrected chi connectivity index (χ3v) is 5.29. The van der Waals surface area contributed by atoms with Gasteiger partial charge in [-0.1, -0.05) is 6.07 Å². The van der Waals surface area contributed by atoms with Crippen molar-refractivity contribution < 1.29 is 9.47 Å². The van der Waals surface area contributed by atoms with E-state index in [1.807, 2.05) is 37.6 Å². The Morgan fingerprint density at radius 1 is 1.08 bits per heavy atom. The number of hydrogen-bond donors (Lipinski definition) is 1. The zero-order chi connectivity index (χ0) is 17.7. The van der Waals surface area contributed by atoms with E-state index < -0.39 is 0 Å². The van der Waals surface area contributed by atoms with Gasteiger partial charge in [0.1, 0.15) is 5.82 Å². The number of nitrogens with one attached hydrogen (secondary N) is 1. The number of anilines is 2. The topological polar surface area (TPSA) is 61.2 Å². The summed E-state index contributed by atoms with van der Waals surface area (Å²) in [6.07, 6.45) is 0. The first-order valence-corrected chi connectivity index (χ1v) is 9.11. The average Bonchev–Trinajstić information content (AvgIpc) is 3.35. The molecule has 0 bridgehead atoms. The summed E-state index contributed by atoms with van der Waals surface area (Å²) in [6.45, 7) is 2.28. The molecule has 1 aliphatic heterocycles. The Morgan fingerprint density at radius 3 is 2.88 bits per heavy atom. The van der Waals surface area contributed by atoms with Gasteiger partial charge in [-0.15, -0.1) is 11.3 Å². The van der Waals surface area contributed by atoms with Gasteiger partial charge >= 0.3 is 0 Å². The van der Waals surface area contributed by atoms with E-state index in [-0.39, 0.29) is 6.79 Å². The van der Waals surface area contributed by atoms with Crippen molar-refractivity contribution in [2.75, 3.05) is 12.1 Å². The number of imidazole rings is 1.